The number of anilines is 2. The number of benzene rings is 1. The zero-order valence-corrected chi connectivity index (χ0v) is 20.8. The first kappa shape index (κ1) is 27.8. The third-order valence-electron chi connectivity index (χ3n) is 5.96. The number of hydrogen-bond donors (Lipinski definition) is 2. The largest absolute Gasteiger partial charge is 0.433 e. The van der Waals surface area contributed by atoms with Crippen LogP contribution < -0.4 is 14.9 Å². The molecule has 1 amide bonds. The Labute approximate surface area is 208 Å². The number of nitrogens with two attached hydrogens (primary N) is 1. The van der Waals surface area contributed by atoms with Gasteiger partial charge in [0, 0.05) is 20.1 Å². The molecule has 1 saturated heterocycles. The molecule has 3 rings (SSSR count). The molecule has 4 unspecified atom stereocenters. The van der Waals surface area contributed by atoms with Crippen molar-refractivity contribution in [3.05, 3.63) is 53.0 Å². The molecular weight excluding hydrogens is 504 g/mol. The molecule has 0 spiro atoms. The van der Waals surface area contributed by atoms with Gasteiger partial charge in [0.05, 0.1) is 23.8 Å². The summed E-state index contributed by atoms with van der Waals surface area (Å²) in [5.74, 6) is -2.35. The van der Waals surface area contributed by atoms with Crippen molar-refractivity contribution in [2.24, 2.45) is 5.73 Å². The van der Waals surface area contributed by atoms with Gasteiger partial charge in [-0.2, -0.15) is 13.2 Å². The maximum absolute atomic E-state index is 14.6. The number of primary amides is 1. The number of rotatable bonds is 8. The van der Waals surface area contributed by atoms with Crippen LogP contribution in [0.4, 0.5) is 29.1 Å². The average molecular weight is 533 g/mol. The molecule has 2 heterocycles. The molecule has 4 atom stereocenters. The molecule has 0 bridgehead atoms. The van der Waals surface area contributed by atoms with Crippen LogP contribution in [0.25, 0.3) is 0 Å². The molecule has 13 heteroatoms. The van der Waals surface area contributed by atoms with Gasteiger partial charge in [-0.3, -0.25) is 13.7 Å². The Kier molecular flexibility index (Phi) is 8.57. The number of carbonyl (C=O) groups excluding carboxylic acids is 1. The Bertz CT molecular complexity index is 1120. The number of aryl methyl sites for hydroxylation is 1. The average Bonchev–Trinajstić information content (AvgIpc) is 2.77. The maximum Gasteiger partial charge on any atom is 0.433 e. The van der Waals surface area contributed by atoms with Crippen LogP contribution in [-0.2, 0) is 33.4 Å². The van der Waals surface area contributed by atoms with Crippen LogP contribution in [0.5, 0.6) is 0 Å². The quantitative estimate of drug-likeness (QED) is 0.397. The Morgan fingerprint density at radius 3 is 2.44 bits per heavy atom. The zero-order chi connectivity index (χ0) is 26.8. The van der Waals surface area contributed by atoms with Crippen molar-refractivity contribution in [1.82, 2.24) is 4.98 Å². The van der Waals surface area contributed by atoms with Gasteiger partial charge >= 0.3 is 6.18 Å². The molecule has 1 fully saturated rings. The molecule has 3 N–H and O–H groups in total. The predicted molar refractivity (Wildman–Crippen MR) is 127 cm³/mol. The van der Waals surface area contributed by atoms with Crippen molar-refractivity contribution in [1.29, 1.82) is 0 Å². The van der Waals surface area contributed by atoms with Crippen LogP contribution in [0.1, 0.15) is 43.0 Å². The summed E-state index contributed by atoms with van der Waals surface area (Å²) < 4.78 is 81.7. The molecule has 1 aromatic carbocycles. The number of pyridine rings is 1. The van der Waals surface area contributed by atoms with Gasteiger partial charge in [-0.15, -0.1) is 0 Å². The third-order valence-corrected chi connectivity index (χ3v) is 6.62. The number of amides is 1. The van der Waals surface area contributed by atoms with E-state index in [1.807, 2.05) is 13.8 Å². The van der Waals surface area contributed by atoms with Gasteiger partial charge in [0.25, 0.3) is 11.3 Å². The number of ether oxygens (including phenoxy) is 1. The van der Waals surface area contributed by atoms with Gasteiger partial charge in [0.1, 0.15) is 17.3 Å². The molecule has 0 radical (unpaired) electrons. The van der Waals surface area contributed by atoms with E-state index < -0.39 is 40.8 Å². The summed E-state index contributed by atoms with van der Waals surface area (Å²) in [5.41, 5.74) is 5.14. The highest BCUT2D eigenvalue weighted by Crippen LogP contribution is 2.34. The molecule has 1 aliphatic rings. The fourth-order valence-electron chi connectivity index (χ4n) is 4.31. The van der Waals surface area contributed by atoms with Crippen molar-refractivity contribution in [3.8, 4) is 0 Å². The fourth-order valence-corrected chi connectivity index (χ4v) is 4.62. The van der Waals surface area contributed by atoms with E-state index in [0.717, 1.165) is 16.4 Å². The lowest BCUT2D eigenvalue weighted by Gasteiger charge is -2.37. The smallest absolute Gasteiger partial charge is 0.372 e. The normalized spacial score (nSPS) is 20.2. The molecule has 0 aliphatic carbocycles. The molecule has 198 valence electrons. The number of morpholine rings is 1. The second kappa shape index (κ2) is 11.1. The minimum Gasteiger partial charge on any atom is -0.372 e. The number of alkyl halides is 3. The maximum atomic E-state index is 14.6. The first-order valence-electron chi connectivity index (χ1n) is 11.2. The third kappa shape index (κ3) is 6.51. The molecule has 1 aliphatic heterocycles. The van der Waals surface area contributed by atoms with Gasteiger partial charge in [0.15, 0.2) is 0 Å². The van der Waals surface area contributed by atoms with Crippen LogP contribution in [0.15, 0.2) is 30.3 Å². The number of hydrogen-bond acceptors (Lipinski definition) is 5. The van der Waals surface area contributed by atoms with E-state index in [2.05, 4.69) is 4.98 Å². The SMILES string of the molecule is CC1CN(c2nc(C(F)(F)F)ccc2CCC(C(N)=O)c2ccc(N(C)S(=O)O)c(F)c2)CC(C)O1. The highest BCUT2D eigenvalue weighted by atomic mass is 32.2. The number of carbonyl (C=O) groups is 1. The highest BCUT2D eigenvalue weighted by molar-refractivity contribution is 7.80. The second-order valence-electron chi connectivity index (χ2n) is 8.77. The molecular formula is C23H28F4N4O4S. The summed E-state index contributed by atoms with van der Waals surface area (Å²) in [6.45, 7) is 4.33. The van der Waals surface area contributed by atoms with E-state index >= 15 is 0 Å². The molecule has 2 aromatic rings. The van der Waals surface area contributed by atoms with Gasteiger partial charge < -0.3 is 15.4 Å². The Hall–Kier alpha value is -2.77. The summed E-state index contributed by atoms with van der Waals surface area (Å²) in [5, 5.41) is 0. The van der Waals surface area contributed by atoms with Crippen LogP contribution in [0, 0.1) is 5.82 Å². The fraction of sp³-hybridized carbons (Fsp3) is 0.478. The van der Waals surface area contributed by atoms with Crippen LogP contribution in [0.2, 0.25) is 0 Å². The van der Waals surface area contributed by atoms with E-state index in [0.29, 0.717) is 18.7 Å². The van der Waals surface area contributed by atoms with Crippen LogP contribution >= 0.6 is 0 Å². The predicted octanol–water partition coefficient (Wildman–Crippen LogP) is 3.63. The van der Waals surface area contributed by atoms with E-state index in [9.17, 15) is 31.1 Å². The lowest BCUT2D eigenvalue weighted by atomic mass is 9.91. The van der Waals surface area contributed by atoms with Gasteiger partial charge in [-0.05, 0) is 56.0 Å². The summed E-state index contributed by atoms with van der Waals surface area (Å²) in [4.78, 5) is 17.9. The van der Waals surface area contributed by atoms with Crippen LogP contribution in [0.3, 0.4) is 0 Å². The lowest BCUT2D eigenvalue weighted by molar-refractivity contribution is -0.141. The number of aromatic nitrogens is 1. The lowest BCUT2D eigenvalue weighted by Crippen LogP contribution is -2.46. The van der Waals surface area contributed by atoms with Crippen molar-refractivity contribution in [3.63, 3.8) is 0 Å². The van der Waals surface area contributed by atoms with E-state index in [1.165, 1.54) is 25.2 Å². The topological polar surface area (TPSA) is 109 Å². The monoisotopic (exact) mass is 532 g/mol. The standard InChI is InChI=1S/C23H28F4N4O4S/c1-13-11-31(12-14(2)35-13)22-15(6-9-20(29-22)23(25,26)27)4-7-17(21(28)32)16-5-8-19(18(24)10-16)30(3)36(33)34/h5-6,8-10,13-14,17H,4,7,11-12H2,1-3H3,(H2,28,32)(H,33,34). The minimum absolute atomic E-state index is 0.0887. The van der Waals surface area contributed by atoms with Gasteiger partial charge in [0.2, 0.25) is 5.91 Å². The van der Waals surface area contributed by atoms with Crippen molar-refractivity contribution >= 4 is 28.7 Å². The highest BCUT2D eigenvalue weighted by Gasteiger charge is 2.35. The minimum atomic E-state index is -4.63. The number of halogens is 4. The van der Waals surface area contributed by atoms with Crippen LogP contribution in [-0.4, -0.2) is 52.0 Å². The summed E-state index contributed by atoms with van der Waals surface area (Å²) in [6.07, 6.45) is -4.82. The molecule has 36 heavy (non-hydrogen) atoms. The first-order valence-corrected chi connectivity index (χ1v) is 12.2. The molecule has 0 saturated carbocycles. The summed E-state index contributed by atoms with van der Waals surface area (Å²) in [7, 11) is 1.23. The molecule has 1 aromatic heterocycles. The van der Waals surface area contributed by atoms with E-state index in [1.54, 1.807) is 4.90 Å². The van der Waals surface area contributed by atoms with Gasteiger partial charge in [-0.25, -0.2) is 13.6 Å². The van der Waals surface area contributed by atoms with E-state index in [4.69, 9.17) is 10.5 Å². The molecule has 8 nitrogen and oxygen atoms in total. The summed E-state index contributed by atoms with van der Waals surface area (Å²) in [6, 6.07) is 5.98. The van der Waals surface area contributed by atoms with Crippen molar-refractivity contribution in [2.75, 3.05) is 29.3 Å². The summed E-state index contributed by atoms with van der Waals surface area (Å²) >= 11 is -2.44. The number of nitrogens with zero attached hydrogens (tertiary/aromatic N) is 3. The Balaban J connectivity index is 1.91. The Morgan fingerprint density at radius 1 is 1.28 bits per heavy atom. The second-order valence-corrected chi connectivity index (χ2v) is 9.78. The van der Waals surface area contributed by atoms with Gasteiger partial charge in [-0.1, -0.05) is 12.1 Å². The Morgan fingerprint density at radius 2 is 1.92 bits per heavy atom. The first-order chi connectivity index (χ1) is 16.8. The van der Waals surface area contributed by atoms with Crippen molar-refractivity contribution < 1.29 is 35.9 Å². The van der Waals surface area contributed by atoms with E-state index in [-0.39, 0.29) is 42.1 Å². The zero-order valence-electron chi connectivity index (χ0n) is 20.0. The van der Waals surface area contributed by atoms with Crippen molar-refractivity contribution in [2.45, 2.75) is 51.0 Å².